The molecule has 100 valence electrons. The Morgan fingerprint density at radius 2 is 2.11 bits per heavy atom. The zero-order valence-corrected chi connectivity index (χ0v) is 11.4. The van der Waals surface area contributed by atoms with Gasteiger partial charge in [-0.3, -0.25) is 0 Å². The van der Waals surface area contributed by atoms with Gasteiger partial charge in [-0.05, 0) is 31.4 Å². The highest BCUT2D eigenvalue weighted by molar-refractivity contribution is 7.90. The summed E-state index contributed by atoms with van der Waals surface area (Å²) in [6.07, 6.45) is 4.75. The summed E-state index contributed by atoms with van der Waals surface area (Å²) >= 11 is 0. The molecule has 1 fully saturated rings. The molecule has 1 atom stereocenters. The van der Waals surface area contributed by atoms with Gasteiger partial charge in [-0.25, -0.2) is 8.42 Å². The molecule has 4 nitrogen and oxygen atoms in total. The van der Waals surface area contributed by atoms with Gasteiger partial charge in [0.2, 0.25) is 0 Å². The van der Waals surface area contributed by atoms with Gasteiger partial charge in [-0.1, -0.05) is 12.1 Å². The van der Waals surface area contributed by atoms with E-state index in [1.807, 2.05) is 6.07 Å². The normalized spacial score (nSPS) is 20.6. The number of nitrogens with one attached hydrogen (secondary N) is 1. The van der Waals surface area contributed by atoms with Gasteiger partial charge >= 0.3 is 0 Å². The zero-order valence-electron chi connectivity index (χ0n) is 10.6. The van der Waals surface area contributed by atoms with E-state index < -0.39 is 9.84 Å². The van der Waals surface area contributed by atoms with E-state index in [1.165, 1.54) is 12.7 Å². The smallest absolute Gasteiger partial charge is 0.177 e. The molecule has 0 aliphatic carbocycles. The molecule has 0 aromatic heterocycles. The van der Waals surface area contributed by atoms with Crippen LogP contribution in [0.5, 0.6) is 0 Å². The molecule has 1 N–H and O–H groups in total. The van der Waals surface area contributed by atoms with Crippen LogP contribution < -0.4 is 5.32 Å². The summed E-state index contributed by atoms with van der Waals surface area (Å²) in [5.74, 6) is 0. The summed E-state index contributed by atoms with van der Waals surface area (Å²) in [4.78, 5) is 0.348. The zero-order chi connectivity index (χ0) is 13.0. The molecule has 18 heavy (non-hydrogen) atoms. The number of anilines is 1. The third-order valence-corrected chi connectivity index (χ3v) is 4.24. The Labute approximate surface area is 108 Å². The van der Waals surface area contributed by atoms with Crippen molar-refractivity contribution in [1.82, 2.24) is 0 Å². The maximum absolute atomic E-state index is 11.6. The van der Waals surface area contributed by atoms with Gasteiger partial charge in [-0.15, -0.1) is 0 Å². The minimum Gasteiger partial charge on any atom is -0.381 e. The van der Waals surface area contributed by atoms with Crippen molar-refractivity contribution in [3.05, 3.63) is 24.3 Å². The van der Waals surface area contributed by atoms with E-state index in [1.54, 1.807) is 18.2 Å². The molecule has 1 heterocycles. The van der Waals surface area contributed by atoms with E-state index in [4.69, 9.17) is 4.74 Å². The molecular weight excluding hydrogens is 250 g/mol. The molecule has 1 aliphatic rings. The quantitative estimate of drug-likeness (QED) is 0.909. The van der Waals surface area contributed by atoms with Crippen LogP contribution in [0.15, 0.2) is 29.2 Å². The van der Waals surface area contributed by atoms with Crippen molar-refractivity contribution in [3.8, 4) is 0 Å². The predicted molar refractivity (Wildman–Crippen MR) is 71.6 cm³/mol. The summed E-state index contributed by atoms with van der Waals surface area (Å²) in [7, 11) is -3.19. The fourth-order valence-electron chi connectivity index (χ4n) is 2.13. The molecule has 1 unspecified atom stereocenters. The van der Waals surface area contributed by atoms with E-state index in [2.05, 4.69) is 5.32 Å². The lowest BCUT2D eigenvalue weighted by Crippen LogP contribution is -2.27. The second-order valence-electron chi connectivity index (χ2n) is 4.64. The lowest BCUT2D eigenvalue weighted by atomic mass is 10.1. The van der Waals surface area contributed by atoms with Crippen molar-refractivity contribution < 1.29 is 13.2 Å². The lowest BCUT2D eigenvalue weighted by molar-refractivity contribution is 0.0247. The van der Waals surface area contributed by atoms with Gasteiger partial charge in [0.05, 0.1) is 16.7 Å². The van der Waals surface area contributed by atoms with Crippen LogP contribution >= 0.6 is 0 Å². The standard InChI is InChI=1S/C13H19NO3S/c1-18(15,16)13-8-3-2-7-12(13)14-10-11-6-4-5-9-17-11/h2-3,7-8,11,14H,4-6,9-10H2,1H3. The number of hydrogen-bond acceptors (Lipinski definition) is 4. The molecule has 0 radical (unpaired) electrons. The maximum atomic E-state index is 11.6. The van der Waals surface area contributed by atoms with Crippen molar-refractivity contribution in [1.29, 1.82) is 0 Å². The molecule has 0 bridgehead atoms. The molecule has 2 rings (SSSR count). The van der Waals surface area contributed by atoms with Crippen LogP contribution in [0.25, 0.3) is 0 Å². The second-order valence-corrected chi connectivity index (χ2v) is 6.62. The Kier molecular flexibility index (Phi) is 4.24. The molecule has 0 saturated carbocycles. The SMILES string of the molecule is CS(=O)(=O)c1ccccc1NCC1CCCCO1. The first kappa shape index (κ1) is 13.4. The van der Waals surface area contributed by atoms with Crippen molar-refractivity contribution in [2.45, 2.75) is 30.3 Å². The summed E-state index contributed by atoms with van der Waals surface area (Å²) < 4.78 is 28.9. The number of sulfone groups is 1. The molecule has 1 saturated heterocycles. The highest BCUT2D eigenvalue weighted by Crippen LogP contribution is 2.21. The first-order chi connectivity index (χ1) is 8.57. The van der Waals surface area contributed by atoms with Gasteiger partial charge in [-0.2, -0.15) is 0 Å². The summed E-state index contributed by atoms with van der Waals surface area (Å²) in [5, 5.41) is 3.19. The molecule has 1 aliphatic heterocycles. The van der Waals surface area contributed by atoms with Crippen LogP contribution in [0.2, 0.25) is 0 Å². The average molecular weight is 269 g/mol. The third kappa shape index (κ3) is 3.46. The second kappa shape index (κ2) is 5.71. The highest BCUT2D eigenvalue weighted by Gasteiger charge is 2.16. The molecule has 1 aromatic rings. The van der Waals surface area contributed by atoms with Crippen molar-refractivity contribution in [3.63, 3.8) is 0 Å². The predicted octanol–water partition coefficient (Wildman–Crippen LogP) is 2.07. The molecular formula is C13H19NO3S. The molecule has 5 heteroatoms. The Balaban J connectivity index is 2.05. The first-order valence-corrected chi connectivity index (χ1v) is 8.11. The Hall–Kier alpha value is -1.07. The summed E-state index contributed by atoms with van der Waals surface area (Å²) in [6.45, 7) is 1.46. The van der Waals surface area contributed by atoms with Gasteiger partial charge < -0.3 is 10.1 Å². The van der Waals surface area contributed by atoms with E-state index in [-0.39, 0.29) is 6.10 Å². The average Bonchev–Trinajstić information content (AvgIpc) is 2.37. The van der Waals surface area contributed by atoms with E-state index in [0.29, 0.717) is 17.1 Å². The van der Waals surface area contributed by atoms with E-state index in [0.717, 1.165) is 19.4 Å². The van der Waals surface area contributed by atoms with Crippen molar-refractivity contribution >= 4 is 15.5 Å². The fourth-order valence-corrected chi connectivity index (χ4v) is 2.99. The first-order valence-electron chi connectivity index (χ1n) is 6.22. The van der Waals surface area contributed by atoms with Gasteiger partial charge in [0.1, 0.15) is 0 Å². The lowest BCUT2D eigenvalue weighted by Gasteiger charge is -2.23. The van der Waals surface area contributed by atoms with Gasteiger partial charge in [0, 0.05) is 19.4 Å². The molecule has 0 spiro atoms. The Morgan fingerprint density at radius 3 is 2.78 bits per heavy atom. The minimum absolute atomic E-state index is 0.186. The van der Waals surface area contributed by atoms with Crippen molar-refractivity contribution in [2.75, 3.05) is 24.7 Å². The van der Waals surface area contributed by atoms with Crippen LogP contribution in [0, 0.1) is 0 Å². The van der Waals surface area contributed by atoms with Crippen LogP contribution in [-0.4, -0.2) is 33.9 Å². The number of rotatable bonds is 4. The topological polar surface area (TPSA) is 55.4 Å². The monoisotopic (exact) mass is 269 g/mol. The third-order valence-electron chi connectivity index (χ3n) is 3.08. The Bertz CT molecular complexity index is 493. The maximum Gasteiger partial charge on any atom is 0.177 e. The van der Waals surface area contributed by atoms with E-state index in [9.17, 15) is 8.42 Å². The fraction of sp³-hybridized carbons (Fsp3) is 0.538. The summed E-state index contributed by atoms with van der Waals surface area (Å²) in [6, 6.07) is 6.98. The molecule has 1 aromatic carbocycles. The van der Waals surface area contributed by atoms with Crippen LogP contribution in [0.4, 0.5) is 5.69 Å². The largest absolute Gasteiger partial charge is 0.381 e. The van der Waals surface area contributed by atoms with Crippen LogP contribution in [0.3, 0.4) is 0 Å². The van der Waals surface area contributed by atoms with Gasteiger partial charge in [0.25, 0.3) is 0 Å². The van der Waals surface area contributed by atoms with E-state index >= 15 is 0 Å². The van der Waals surface area contributed by atoms with Gasteiger partial charge in [0.15, 0.2) is 9.84 Å². The number of para-hydroxylation sites is 1. The molecule has 0 amide bonds. The number of hydrogen-bond donors (Lipinski definition) is 1. The Morgan fingerprint density at radius 1 is 1.33 bits per heavy atom. The van der Waals surface area contributed by atoms with Crippen LogP contribution in [0.1, 0.15) is 19.3 Å². The highest BCUT2D eigenvalue weighted by atomic mass is 32.2. The number of ether oxygens (including phenoxy) is 1. The minimum atomic E-state index is -3.19. The van der Waals surface area contributed by atoms with Crippen molar-refractivity contribution in [2.24, 2.45) is 0 Å². The number of benzene rings is 1. The van der Waals surface area contributed by atoms with Crippen LogP contribution in [-0.2, 0) is 14.6 Å². The summed E-state index contributed by atoms with van der Waals surface area (Å²) in [5.41, 5.74) is 0.661.